The minimum atomic E-state index is -3.48. The Morgan fingerprint density at radius 1 is 0.905 bits per heavy atom. The van der Waals surface area contributed by atoms with Gasteiger partial charge in [-0.05, 0) is 18.8 Å². The molecule has 0 rings (SSSR count). The molecule has 0 aromatic heterocycles. The van der Waals surface area contributed by atoms with E-state index in [1.165, 1.54) is 51.4 Å². The maximum atomic E-state index is 11.1. The molecule has 0 aliphatic carbocycles. The molecule has 0 saturated heterocycles. The van der Waals surface area contributed by atoms with Crippen LogP contribution in [0.15, 0.2) is 0 Å². The first-order chi connectivity index (χ1) is 9.55. The monoisotopic (exact) mass is 331 g/mol. The Bertz CT molecular complexity index is 310. The van der Waals surface area contributed by atoms with E-state index in [1.54, 1.807) is 0 Å². The number of unbranched alkanes of at least 4 members (excludes halogenated alkanes) is 6. The van der Waals surface area contributed by atoms with E-state index >= 15 is 0 Å². The first-order valence-electron chi connectivity index (χ1n) is 8.16. The predicted molar refractivity (Wildman–Crippen MR) is 91.8 cm³/mol. The third-order valence-electron chi connectivity index (χ3n) is 3.95. The summed E-state index contributed by atoms with van der Waals surface area (Å²) >= 11 is 0. The van der Waals surface area contributed by atoms with Crippen molar-refractivity contribution in [3.8, 4) is 0 Å². The molecule has 0 radical (unpaired) electrons. The van der Waals surface area contributed by atoms with Gasteiger partial charge >= 0.3 is 29.6 Å². The van der Waals surface area contributed by atoms with Crippen LogP contribution in [0.25, 0.3) is 0 Å². The van der Waals surface area contributed by atoms with E-state index in [4.69, 9.17) is 5.90 Å². The van der Waals surface area contributed by atoms with Gasteiger partial charge in [0.1, 0.15) is 0 Å². The van der Waals surface area contributed by atoms with Gasteiger partial charge in [0, 0.05) is 0 Å². The van der Waals surface area contributed by atoms with Crippen LogP contribution in [0.4, 0.5) is 0 Å². The number of nitrogens with two attached hydrogens (primary N) is 1. The first kappa shape index (κ1) is 24.1. The quantitative estimate of drug-likeness (QED) is 0.300. The van der Waals surface area contributed by atoms with Gasteiger partial charge in [-0.15, -0.1) is 0 Å². The van der Waals surface area contributed by atoms with Crippen molar-refractivity contribution in [1.82, 2.24) is 0 Å². The van der Waals surface area contributed by atoms with Crippen LogP contribution in [0.5, 0.6) is 0 Å². The fraction of sp³-hybridized carbons (Fsp3) is 1.00. The van der Waals surface area contributed by atoms with Crippen LogP contribution in [0.3, 0.4) is 0 Å². The average Bonchev–Trinajstić information content (AvgIpc) is 2.44. The Hall–Kier alpha value is 0.870. The van der Waals surface area contributed by atoms with Gasteiger partial charge in [0.05, 0.1) is 5.75 Å². The molecule has 0 aromatic rings. The van der Waals surface area contributed by atoms with Crippen LogP contribution >= 0.6 is 0 Å². The predicted octanol–water partition coefficient (Wildman–Crippen LogP) is 3.51. The third kappa shape index (κ3) is 15.5. The van der Waals surface area contributed by atoms with E-state index in [1.807, 2.05) is 0 Å². The molecule has 0 aliphatic rings. The molecular formula is C15H34NNaO3S. The molecule has 0 fully saturated rings. The number of hydrogen-bond acceptors (Lipinski definition) is 4. The molecule has 0 heterocycles. The van der Waals surface area contributed by atoms with Crippen molar-refractivity contribution >= 4 is 39.7 Å². The zero-order valence-corrected chi connectivity index (χ0v) is 14.1. The third-order valence-corrected chi connectivity index (χ3v) is 5.03. The molecule has 0 aliphatic heterocycles. The molecular weight excluding hydrogens is 297 g/mol. The molecule has 0 bridgehead atoms. The van der Waals surface area contributed by atoms with Crippen molar-refractivity contribution in [1.29, 1.82) is 0 Å². The molecule has 6 heteroatoms. The van der Waals surface area contributed by atoms with E-state index < -0.39 is 10.1 Å². The number of hydrogen-bond donors (Lipinski definition) is 1. The molecule has 2 N–H and O–H groups in total. The van der Waals surface area contributed by atoms with E-state index in [0.29, 0.717) is 12.3 Å². The molecule has 1 unspecified atom stereocenters. The summed E-state index contributed by atoms with van der Waals surface area (Å²) in [5.41, 5.74) is 0. The number of rotatable bonds is 14. The summed E-state index contributed by atoms with van der Waals surface area (Å²) in [7, 11) is -3.48. The summed E-state index contributed by atoms with van der Waals surface area (Å²) in [6.07, 6.45) is 13.2. The Balaban J connectivity index is 0. The first-order valence-corrected chi connectivity index (χ1v) is 9.74. The van der Waals surface area contributed by atoms with Crippen LogP contribution in [-0.4, -0.2) is 43.7 Å². The molecule has 0 aromatic carbocycles. The second-order valence-electron chi connectivity index (χ2n) is 5.68. The van der Waals surface area contributed by atoms with E-state index in [2.05, 4.69) is 18.1 Å². The van der Waals surface area contributed by atoms with Crippen LogP contribution < -0.4 is 5.90 Å². The van der Waals surface area contributed by atoms with Crippen molar-refractivity contribution in [2.24, 2.45) is 11.8 Å². The van der Waals surface area contributed by atoms with E-state index in [-0.39, 0.29) is 35.3 Å². The molecule has 4 nitrogen and oxygen atoms in total. The van der Waals surface area contributed by atoms with Gasteiger partial charge in [-0.2, -0.15) is 18.6 Å². The molecule has 0 spiro atoms. The van der Waals surface area contributed by atoms with Crippen LogP contribution in [0.1, 0.15) is 84.5 Å². The molecule has 0 amide bonds. The Morgan fingerprint density at radius 2 is 1.43 bits per heavy atom. The SMILES string of the molecule is CCCCCCCCCC(CC)CCCS(=O)(=O)ON.[NaH]. The van der Waals surface area contributed by atoms with Crippen LogP contribution in [0, 0.1) is 5.92 Å². The second-order valence-corrected chi connectivity index (χ2v) is 7.40. The van der Waals surface area contributed by atoms with Gasteiger partial charge in [0.25, 0.3) is 10.1 Å². The summed E-state index contributed by atoms with van der Waals surface area (Å²) < 4.78 is 26.2. The zero-order valence-electron chi connectivity index (χ0n) is 13.3. The van der Waals surface area contributed by atoms with Crippen molar-refractivity contribution in [3.63, 3.8) is 0 Å². The standard InChI is InChI=1S/C15H33NO3S.Na.H/c1-3-5-6-7-8-9-10-12-15(4-2)13-11-14-20(17,18)19-16;;/h15H,3-14,16H2,1-2H3;;. The van der Waals surface area contributed by atoms with E-state index in [9.17, 15) is 8.42 Å². The molecule has 1 atom stereocenters. The van der Waals surface area contributed by atoms with Crippen molar-refractivity contribution in [3.05, 3.63) is 0 Å². The molecule has 124 valence electrons. The summed E-state index contributed by atoms with van der Waals surface area (Å²) in [6, 6.07) is 0. The second kappa shape index (κ2) is 15.8. The summed E-state index contributed by atoms with van der Waals surface area (Å²) in [5, 5.41) is 0. The van der Waals surface area contributed by atoms with Crippen molar-refractivity contribution < 1.29 is 12.7 Å². The van der Waals surface area contributed by atoms with Gasteiger partial charge in [-0.25, -0.2) is 0 Å². The van der Waals surface area contributed by atoms with Gasteiger partial charge < -0.3 is 0 Å². The summed E-state index contributed by atoms with van der Waals surface area (Å²) in [5.74, 6) is 5.39. The van der Waals surface area contributed by atoms with E-state index in [0.717, 1.165) is 12.8 Å². The van der Waals surface area contributed by atoms with Crippen LogP contribution in [-0.2, 0) is 14.4 Å². The van der Waals surface area contributed by atoms with Gasteiger partial charge in [-0.1, -0.05) is 71.6 Å². The summed E-state index contributed by atoms with van der Waals surface area (Å²) in [4.78, 5) is 0. The molecule has 0 saturated carbocycles. The van der Waals surface area contributed by atoms with Crippen molar-refractivity contribution in [2.75, 3.05) is 5.75 Å². The topological polar surface area (TPSA) is 69.4 Å². The Morgan fingerprint density at radius 3 is 1.95 bits per heavy atom. The zero-order chi connectivity index (χ0) is 15.3. The maximum absolute atomic E-state index is 11.1. The van der Waals surface area contributed by atoms with Crippen LogP contribution in [0.2, 0.25) is 0 Å². The molecule has 21 heavy (non-hydrogen) atoms. The Labute approximate surface area is 154 Å². The van der Waals surface area contributed by atoms with Crippen molar-refractivity contribution in [2.45, 2.75) is 84.5 Å². The van der Waals surface area contributed by atoms with Gasteiger partial charge in [0.2, 0.25) is 0 Å². The fourth-order valence-electron chi connectivity index (χ4n) is 2.54. The average molecular weight is 331 g/mol. The van der Waals surface area contributed by atoms with Gasteiger partial charge in [0.15, 0.2) is 0 Å². The minimum absolute atomic E-state index is 0. The van der Waals surface area contributed by atoms with Gasteiger partial charge in [-0.3, -0.25) is 0 Å². The Kier molecular flexibility index (Phi) is 18.1. The normalized spacial score (nSPS) is 12.9. The fourth-order valence-corrected chi connectivity index (χ4v) is 3.16. The summed E-state index contributed by atoms with van der Waals surface area (Å²) in [6.45, 7) is 4.42.